The zero-order valence-electron chi connectivity index (χ0n) is 23.2. The predicted octanol–water partition coefficient (Wildman–Crippen LogP) is 5.19. The Bertz CT molecular complexity index is 1400. The number of ether oxygens (including phenoxy) is 1. The summed E-state index contributed by atoms with van der Waals surface area (Å²) < 4.78 is 35.8. The summed E-state index contributed by atoms with van der Waals surface area (Å²) in [5.41, 5.74) is 3.13. The second kappa shape index (κ2) is 12.3. The molecule has 0 unspecified atom stereocenters. The molecule has 9 heteroatoms. The minimum Gasteiger partial charge on any atom is -0.497 e. The van der Waals surface area contributed by atoms with Crippen LogP contribution in [0.15, 0.2) is 77.7 Å². The summed E-state index contributed by atoms with van der Waals surface area (Å²) >= 11 is 0. The van der Waals surface area contributed by atoms with Crippen molar-refractivity contribution < 1.29 is 17.9 Å². The number of hydrogen-bond donors (Lipinski definition) is 2. The Labute approximate surface area is 237 Å². The van der Waals surface area contributed by atoms with Crippen LogP contribution in [0.1, 0.15) is 44.2 Å². The van der Waals surface area contributed by atoms with Gasteiger partial charge in [-0.25, -0.2) is 13.1 Å². The molecule has 40 heavy (non-hydrogen) atoms. The van der Waals surface area contributed by atoms with Crippen LogP contribution in [0.2, 0.25) is 0 Å². The number of hydrogen-bond acceptors (Lipinski definition) is 6. The van der Waals surface area contributed by atoms with E-state index in [1.807, 2.05) is 73.7 Å². The van der Waals surface area contributed by atoms with Crippen LogP contribution in [-0.2, 0) is 14.8 Å². The fourth-order valence-corrected chi connectivity index (χ4v) is 7.09. The monoisotopic (exact) mass is 562 g/mol. The molecule has 3 aromatic carbocycles. The normalized spacial score (nSPS) is 17.1. The van der Waals surface area contributed by atoms with Gasteiger partial charge in [0.1, 0.15) is 10.6 Å². The van der Waals surface area contributed by atoms with Crippen LogP contribution < -0.4 is 24.6 Å². The number of piperazine rings is 1. The molecule has 2 N–H and O–H groups in total. The third kappa shape index (κ3) is 6.42. The van der Waals surface area contributed by atoms with E-state index in [1.54, 1.807) is 13.2 Å². The van der Waals surface area contributed by atoms with Crippen LogP contribution in [0.3, 0.4) is 0 Å². The minimum absolute atomic E-state index is 0.0120. The summed E-state index contributed by atoms with van der Waals surface area (Å²) in [7, 11) is -2.26. The Morgan fingerprint density at radius 3 is 2.20 bits per heavy atom. The number of amides is 1. The maximum absolute atomic E-state index is 13.8. The van der Waals surface area contributed by atoms with Crippen molar-refractivity contribution in [2.75, 3.05) is 48.4 Å². The molecule has 1 saturated heterocycles. The van der Waals surface area contributed by atoms with Gasteiger partial charge in [-0.05, 0) is 67.8 Å². The summed E-state index contributed by atoms with van der Waals surface area (Å²) in [5, 5.41) is 2.98. The van der Waals surface area contributed by atoms with E-state index in [-0.39, 0.29) is 16.7 Å². The van der Waals surface area contributed by atoms with E-state index in [0.717, 1.165) is 55.8 Å². The van der Waals surface area contributed by atoms with E-state index < -0.39 is 16.1 Å². The Morgan fingerprint density at radius 2 is 1.55 bits per heavy atom. The first-order valence-electron chi connectivity index (χ1n) is 14.0. The molecule has 0 spiro atoms. The van der Waals surface area contributed by atoms with Gasteiger partial charge in [0.15, 0.2) is 0 Å². The lowest BCUT2D eigenvalue weighted by molar-refractivity contribution is -0.119. The number of nitrogens with one attached hydrogen (secondary N) is 2. The Morgan fingerprint density at radius 1 is 0.900 bits per heavy atom. The minimum atomic E-state index is -3.91. The van der Waals surface area contributed by atoms with Crippen LogP contribution in [-0.4, -0.2) is 47.6 Å². The van der Waals surface area contributed by atoms with Crippen molar-refractivity contribution in [1.82, 2.24) is 4.72 Å². The van der Waals surface area contributed by atoms with Gasteiger partial charge >= 0.3 is 0 Å². The highest BCUT2D eigenvalue weighted by Gasteiger charge is 2.28. The van der Waals surface area contributed by atoms with E-state index in [9.17, 15) is 13.2 Å². The number of rotatable bonds is 9. The number of methoxy groups -OCH3 is 1. The van der Waals surface area contributed by atoms with Crippen LogP contribution >= 0.6 is 0 Å². The van der Waals surface area contributed by atoms with E-state index in [0.29, 0.717) is 24.5 Å². The summed E-state index contributed by atoms with van der Waals surface area (Å²) in [6.07, 6.45) is 3.87. The molecule has 1 aliphatic heterocycles. The van der Waals surface area contributed by atoms with E-state index in [2.05, 4.69) is 19.8 Å². The highest BCUT2D eigenvalue weighted by molar-refractivity contribution is 7.89. The number of anilines is 3. The smallest absolute Gasteiger partial charge is 0.243 e. The Hall–Kier alpha value is -3.56. The third-order valence-corrected chi connectivity index (χ3v) is 9.50. The number of carbonyl (C=O) groups is 1. The zero-order chi connectivity index (χ0) is 28.1. The van der Waals surface area contributed by atoms with E-state index >= 15 is 0 Å². The van der Waals surface area contributed by atoms with Crippen molar-refractivity contribution in [2.45, 2.75) is 43.5 Å². The lowest BCUT2D eigenvalue weighted by Crippen LogP contribution is -2.47. The molecule has 8 nitrogen and oxygen atoms in total. The average Bonchev–Trinajstić information content (AvgIpc) is 3.53. The third-order valence-electron chi connectivity index (χ3n) is 7.93. The first-order valence-corrected chi connectivity index (χ1v) is 15.5. The quantitative estimate of drug-likeness (QED) is 0.373. The molecule has 1 atom stereocenters. The zero-order valence-corrected chi connectivity index (χ0v) is 24.0. The lowest BCUT2D eigenvalue weighted by atomic mass is 10.1. The van der Waals surface area contributed by atoms with Gasteiger partial charge in [-0.15, -0.1) is 0 Å². The molecule has 1 saturated carbocycles. The van der Waals surface area contributed by atoms with Gasteiger partial charge in [-0.3, -0.25) is 4.79 Å². The van der Waals surface area contributed by atoms with E-state index in [4.69, 9.17) is 4.74 Å². The standard InChI is InChI=1S/C31H38N4O4S/c1-23(24-8-4-3-5-9-24)33-40(37,38)30-22-26(32-31(36)25-10-6-7-11-25)12-17-29(30)35-20-18-34(19-21-35)27-13-15-28(39-2)16-14-27/h3-5,8-9,12-17,22-23,25,33H,6-7,10-11,18-21H2,1-2H3,(H,32,36)/t23-/m1/s1. The summed E-state index contributed by atoms with van der Waals surface area (Å²) in [6, 6.07) is 22.3. The second-order valence-electron chi connectivity index (χ2n) is 10.6. The molecule has 0 radical (unpaired) electrons. The lowest BCUT2D eigenvalue weighted by Gasteiger charge is -2.38. The van der Waals surface area contributed by atoms with Crippen molar-refractivity contribution in [1.29, 1.82) is 0 Å². The maximum atomic E-state index is 13.8. The Balaban J connectivity index is 1.39. The van der Waals surface area contributed by atoms with Gasteiger partial charge in [0, 0.05) is 49.5 Å². The molecule has 2 fully saturated rings. The molecule has 212 valence electrons. The van der Waals surface area contributed by atoms with Crippen molar-refractivity contribution >= 4 is 33.0 Å². The molecule has 0 aromatic heterocycles. The van der Waals surface area contributed by atoms with Crippen LogP contribution in [0, 0.1) is 5.92 Å². The summed E-state index contributed by atoms with van der Waals surface area (Å²) in [4.78, 5) is 17.4. The number of nitrogens with zero attached hydrogens (tertiary/aromatic N) is 2. The van der Waals surface area contributed by atoms with Crippen LogP contribution in [0.5, 0.6) is 5.75 Å². The van der Waals surface area contributed by atoms with Gasteiger partial charge in [0.2, 0.25) is 15.9 Å². The molecule has 1 amide bonds. The van der Waals surface area contributed by atoms with Crippen molar-refractivity contribution in [3.8, 4) is 5.75 Å². The van der Waals surface area contributed by atoms with Crippen molar-refractivity contribution in [2.24, 2.45) is 5.92 Å². The number of benzene rings is 3. The first-order chi connectivity index (χ1) is 19.3. The molecule has 0 bridgehead atoms. The second-order valence-corrected chi connectivity index (χ2v) is 12.3. The molecule has 1 heterocycles. The molecular formula is C31H38N4O4S. The Kier molecular flexibility index (Phi) is 8.61. The molecule has 5 rings (SSSR count). The summed E-state index contributed by atoms with van der Waals surface area (Å²) in [5.74, 6) is 0.767. The average molecular weight is 563 g/mol. The van der Waals surface area contributed by atoms with Crippen molar-refractivity contribution in [3.63, 3.8) is 0 Å². The van der Waals surface area contributed by atoms with Gasteiger partial charge in [0.25, 0.3) is 0 Å². The predicted molar refractivity (Wildman–Crippen MR) is 160 cm³/mol. The number of sulfonamides is 1. The topological polar surface area (TPSA) is 91.0 Å². The van der Waals surface area contributed by atoms with Crippen LogP contribution in [0.25, 0.3) is 0 Å². The van der Waals surface area contributed by atoms with Gasteiger partial charge < -0.3 is 19.9 Å². The van der Waals surface area contributed by atoms with Gasteiger partial charge in [-0.2, -0.15) is 0 Å². The fraction of sp³-hybridized carbons (Fsp3) is 0.387. The maximum Gasteiger partial charge on any atom is 0.243 e. The highest BCUT2D eigenvalue weighted by Crippen LogP contribution is 2.33. The summed E-state index contributed by atoms with van der Waals surface area (Å²) in [6.45, 7) is 4.67. The molecule has 3 aromatic rings. The molecule has 2 aliphatic rings. The highest BCUT2D eigenvalue weighted by atomic mass is 32.2. The van der Waals surface area contributed by atoms with Gasteiger partial charge in [0.05, 0.1) is 12.8 Å². The first kappa shape index (κ1) is 28.0. The SMILES string of the molecule is COc1ccc(N2CCN(c3ccc(NC(=O)C4CCCC4)cc3S(=O)(=O)N[C@H](C)c3ccccc3)CC2)cc1. The number of carbonyl (C=O) groups excluding carboxylic acids is 1. The molecule has 1 aliphatic carbocycles. The van der Waals surface area contributed by atoms with Crippen molar-refractivity contribution in [3.05, 3.63) is 78.4 Å². The van der Waals surface area contributed by atoms with E-state index in [1.165, 1.54) is 0 Å². The van der Waals surface area contributed by atoms with Crippen LogP contribution in [0.4, 0.5) is 17.1 Å². The largest absolute Gasteiger partial charge is 0.497 e. The fourth-order valence-electron chi connectivity index (χ4n) is 5.61. The van der Waals surface area contributed by atoms with Gasteiger partial charge in [-0.1, -0.05) is 43.2 Å². The molecular weight excluding hydrogens is 524 g/mol.